The summed E-state index contributed by atoms with van der Waals surface area (Å²) >= 11 is 3.15. The van der Waals surface area contributed by atoms with Gasteiger partial charge in [0.05, 0.1) is 10.6 Å². The van der Waals surface area contributed by atoms with Gasteiger partial charge in [0, 0.05) is 4.47 Å². The molecule has 20 heavy (non-hydrogen) atoms. The molecular weight excluding hydrogens is 335 g/mol. The van der Waals surface area contributed by atoms with Crippen molar-refractivity contribution in [2.45, 2.75) is 0 Å². The third-order valence-electron chi connectivity index (χ3n) is 2.30. The van der Waals surface area contributed by atoms with Crippen LogP contribution in [0.25, 0.3) is 0 Å². The summed E-state index contributed by atoms with van der Waals surface area (Å²) in [5.41, 5.74) is 1.78. The van der Waals surface area contributed by atoms with Crippen molar-refractivity contribution in [1.29, 1.82) is 0 Å². The maximum Gasteiger partial charge on any atom is 0.329 e. The van der Waals surface area contributed by atoms with E-state index in [-0.39, 0.29) is 17.5 Å². The molecule has 2 rings (SSSR count). The fourth-order valence-corrected chi connectivity index (χ4v) is 1.85. The molecule has 1 aromatic carbocycles. The lowest BCUT2D eigenvalue weighted by Gasteiger charge is -2.09. The number of nitrogen functional groups attached to an aromatic ring is 1. The van der Waals surface area contributed by atoms with Crippen molar-refractivity contribution in [1.82, 2.24) is 9.97 Å². The number of nitrogens with one attached hydrogen (secondary N) is 2. The summed E-state index contributed by atoms with van der Waals surface area (Å²) in [6.45, 7) is 0. The highest BCUT2D eigenvalue weighted by atomic mass is 79.9. The molecule has 0 radical (unpaired) electrons. The Kier molecular flexibility index (Phi) is 4.05. The average molecular weight is 343 g/mol. The minimum absolute atomic E-state index is 0.0253. The van der Waals surface area contributed by atoms with Gasteiger partial charge in [-0.05, 0) is 28.1 Å². The van der Waals surface area contributed by atoms with Crippen LogP contribution in [0.1, 0.15) is 0 Å². The van der Waals surface area contributed by atoms with Gasteiger partial charge in [-0.2, -0.15) is 4.98 Å². The molecule has 0 atom stereocenters. The molecule has 0 aliphatic rings. The highest BCUT2D eigenvalue weighted by Gasteiger charge is 2.19. The normalized spacial score (nSPS) is 10.2. The second kappa shape index (κ2) is 5.75. The van der Waals surface area contributed by atoms with Crippen LogP contribution < -0.4 is 16.6 Å². The Morgan fingerprint density at radius 1 is 1.45 bits per heavy atom. The number of nitrogens with two attached hydrogens (primary N) is 1. The van der Waals surface area contributed by atoms with Gasteiger partial charge in [-0.25, -0.2) is 15.2 Å². The van der Waals surface area contributed by atoms with Crippen LogP contribution in [0.15, 0.2) is 28.9 Å². The molecule has 8 nitrogen and oxygen atoms in total. The van der Waals surface area contributed by atoms with Crippen LogP contribution in [-0.4, -0.2) is 14.9 Å². The van der Waals surface area contributed by atoms with Crippen LogP contribution >= 0.6 is 15.9 Å². The molecule has 0 unspecified atom stereocenters. The van der Waals surface area contributed by atoms with Crippen molar-refractivity contribution in [3.8, 4) is 0 Å². The summed E-state index contributed by atoms with van der Waals surface area (Å²) in [7, 11) is 0. The smallest absolute Gasteiger partial charge is 0.329 e. The highest BCUT2D eigenvalue weighted by Crippen LogP contribution is 2.31. The molecule has 0 spiro atoms. The molecule has 104 valence electrons. The van der Waals surface area contributed by atoms with E-state index < -0.39 is 16.4 Å². The van der Waals surface area contributed by atoms with Crippen molar-refractivity contribution < 1.29 is 9.31 Å². The first-order valence-corrected chi connectivity index (χ1v) is 6.01. The molecule has 1 aromatic heterocycles. The predicted octanol–water partition coefficient (Wildman–Crippen LogP) is 2.32. The molecule has 0 saturated carbocycles. The summed E-state index contributed by atoms with van der Waals surface area (Å²) in [5, 5.41) is 13.5. The number of nitrogens with zero attached hydrogens (tertiary/aromatic N) is 3. The van der Waals surface area contributed by atoms with E-state index in [9.17, 15) is 14.5 Å². The minimum atomic E-state index is -0.683. The van der Waals surface area contributed by atoms with Crippen molar-refractivity contribution in [3.05, 3.63) is 44.8 Å². The van der Waals surface area contributed by atoms with Gasteiger partial charge >= 0.3 is 5.69 Å². The number of hydrazine groups is 1. The number of nitro groups is 1. The van der Waals surface area contributed by atoms with Crippen molar-refractivity contribution in [3.63, 3.8) is 0 Å². The molecule has 2 aromatic rings. The lowest BCUT2D eigenvalue weighted by atomic mass is 10.3. The van der Waals surface area contributed by atoms with E-state index in [0.29, 0.717) is 4.47 Å². The van der Waals surface area contributed by atoms with E-state index in [0.717, 1.165) is 6.20 Å². The van der Waals surface area contributed by atoms with Gasteiger partial charge in [-0.1, -0.05) is 6.07 Å². The number of rotatable bonds is 4. The standard InChI is InChI=1S/C10H8BrFN6O2/c11-5-2-1-3-6(12)8(5)15-9-7(18(19)20)4-14-10(16-9)17-13/h1-4H,13H2,(H2,14,15,16,17). The van der Waals surface area contributed by atoms with E-state index in [1.165, 1.54) is 12.1 Å². The molecule has 0 saturated heterocycles. The van der Waals surface area contributed by atoms with Crippen LogP contribution in [0, 0.1) is 15.9 Å². The van der Waals surface area contributed by atoms with Gasteiger partial charge in [0.2, 0.25) is 11.8 Å². The molecule has 0 aliphatic heterocycles. The number of hydrogen-bond acceptors (Lipinski definition) is 7. The van der Waals surface area contributed by atoms with Gasteiger partial charge in [-0.15, -0.1) is 0 Å². The van der Waals surface area contributed by atoms with Crippen LogP contribution in [0.3, 0.4) is 0 Å². The Morgan fingerprint density at radius 3 is 2.80 bits per heavy atom. The van der Waals surface area contributed by atoms with Crippen LogP contribution in [-0.2, 0) is 0 Å². The van der Waals surface area contributed by atoms with Crippen LogP contribution in [0.4, 0.5) is 27.5 Å². The number of aromatic nitrogens is 2. The number of hydrogen-bond donors (Lipinski definition) is 3. The first kappa shape index (κ1) is 14.1. The molecule has 0 fully saturated rings. The zero-order chi connectivity index (χ0) is 14.7. The second-order valence-corrected chi connectivity index (χ2v) is 4.40. The number of para-hydroxylation sites is 1. The minimum Gasteiger partial charge on any atom is -0.331 e. The fraction of sp³-hybridized carbons (Fsp3) is 0. The van der Waals surface area contributed by atoms with E-state index in [4.69, 9.17) is 5.84 Å². The molecular formula is C10H8BrFN6O2. The van der Waals surface area contributed by atoms with Crippen molar-refractivity contribution in [2.24, 2.45) is 5.84 Å². The molecule has 0 aliphatic carbocycles. The predicted molar refractivity (Wildman–Crippen MR) is 73.9 cm³/mol. The molecule has 4 N–H and O–H groups in total. The van der Waals surface area contributed by atoms with Gasteiger partial charge in [-0.3, -0.25) is 15.5 Å². The third kappa shape index (κ3) is 2.81. The SMILES string of the molecule is NNc1ncc([N+](=O)[O-])c(Nc2c(F)cccc2Br)n1. The Hall–Kier alpha value is -2.33. The number of anilines is 3. The number of benzene rings is 1. The molecule has 1 heterocycles. The Morgan fingerprint density at radius 2 is 2.20 bits per heavy atom. The summed E-state index contributed by atoms with van der Waals surface area (Å²) < 4.78 is 14.1. The summed E-state index contributed by atoms with van der Waals surface area (Å²) in [6.07, 6.45) is 0.972. The van der Waals surface area contributed by atoms with Gasteiger partial charge < -0.3 is 5.32 Å². The number of halogens is 2. The van der Waals surface area contributed by atoms with E-state index in [1.807, 2.05) is 0 Å². The first-order valence-electron chi connectivity index (χ1n) is 5.22. The van der Waals surface area contributed by atoms with Crippen LogP contribution in [0.2, 0.25) is 0 Å². The quantitative estimate of drug-likeness (QED) is 0.443. The van der Waals surface area contributed by atoms with Crippen molar-refractivity contribution in [2.75, 3.05) is 10.7 Å². The van der Waals surface area contributed by atoms with Gasteiger partial charge in [0.15, 0.2) is 0 Å². The topological polar surface area (TPSA) is 119 Å². The van der Waals surface area contributed by atoms with Gasteiger partial charge in [0.25, 0.3) is 0 Å². The van der Waals surface area contributed by atoms with E-state index >= 15 is 0 Å². The average Bonchev–Trinajstić information content (AvgIpc) is 2.42. The third-order valence-corrected chi connectivity index (χ3v) is 2.96. The Bertz CT molecular complexity index is 648. The lowest BCUT2D eigenvalue weighted by Crippen LogP contribution is -2.12. The van der Waals surface area contributed by atoms with Crippen molar-refractivity contribution >= 4 is 39.1 Å². The lowest BCUT2D eigenvalue weighted by molar-refractivity contribution is -0.384. The second-order valence-electron chi connectivity index (χ2n) is 3.55. The fourth-order valence-electron chi connectivity index (χ4n) is 1.41. The maximum absolute atomic E-state index is 13.7. The summed E-state index contributed by atoms with van der Waals surface area (Å²) in [4.78, 5) is 17.7. The van der Waals surface area contributed by atoms with Crippen LogP contribution in [0.5, 0.6) is 0 Å². The highest BCUT2D eigenvalue weighted by molar-refractivity contribution is 9.10. The molecule has 10 heteroatoms. The Labute approximate surface area is 120 Å². The van der Waals surface area contributed by atoms with E-state index in [1.54, 1.807) is 6.07 Å². The monoisotopic (exact) mass is 342 g/mol. The molecule has 0 amide bonds. The van der Waals surface area contributed by atoms with Gasteiger partial charge in [0.1, 0.15) is 12.0 Å². The first-order chi connectivity index (χ1) is 9.52. The maximum atomic E-state index is 13.7. The van der Waals surface area contributed by atoms with E-state index in [2.05, 4.69) is 36.6 Å². The summed E-state index contributed by atoms with van der Waals surface area (Å²) in [6, 6.07) is 4.29. The Balaban J connectivity index is 2.49. The summed E-state index contributed by atoms with van der Waals surface area (Å²) in [5.74, 6) is 4.34. The zero-order valence-electron chi connectivity index (χ0n) is 9.80. The zero-order valence-corrected chi connectivity index (χ0v) is 11.4. The largest absolute Gasteiger partial charge is 0.331 e. The molecule has 0 bridgehead atoms.